The van der Waals surface area contributed by atoms with Crippen LogP contribution in [0.5, 0.6) is 0 Å². The molecule has 1 aromatic heterocycles. The molecule has 0 aliphatic carbocycles. The number of rotatable bonds is 6. The maximum atomic E-state index is 14.6. The van der Waals surface area contributed by atoms with Crippen molar-refractivity contribution in [1.82, 2.24) is 19.6 Å². The molecule has 0 saturated carbocycles. The number of aromatic nitrogens is 2. The lowest BCUT2D eigenvalue weighted by atomic mass is 9.81. The topological polar surface area (TPSA) is 96.5 Å². The van der Waals surface area contributed by atoms with E-state index in [1.54, 1.807) is 11.8 Å². The van der Waals surface area contributed by atoms with Gasteiger partial charge in [0.05, 0.1) is 17.2 Å². The molecule has 2 fully saturated rings. The number of urea groups is 1. The molecule has 224 valence electrons. The van der Waals surface area contributed by atoms with Crippen molar-refractivity contribution in [2.45, 2.75) is 51.4 Å². The Morgan fingerprint density at radius 2 is 1.67 bits per heavy atom. The third kappa shape index (κ3) is 5.99. The number of carbonyl (C=O) groups excluding carboxylic acids is 2. The molecule has 2 aliphatic heterocycles. The second-order valence-corrected chi connectivity index (χ2v) is 10.9. The predicted molar refractivity (Wildman–Crippen MR) is 149 cm³/mol. The lowest BCUT2D eigenvalue weighted by molar-refractivity contribution is -0.190. The van der Waals surface area contributed by atoms with E-state index in [1.807, 2.05) is 24.3 Å². The standard InChI is InChI=1S/C30H34F4N6O2/c1-19-26(22-12-15-39(18-24(22)30(32,33)34)29(42)38-13-4-5-14-38)37-40(28(41)23-6-2-3-7-25(23)31)27(19)36-17-21-10-8-20(16-35)9-11-21/h2-3,6-11,22,24,36H,4-5,12-18,35H2,1H3. The third-order valence-corrected chi connectivity index (χ3v) is 8.21. The molecule has 5 rings (SSSR count). The van der Waals surface area contributed by atoms with Crippen LogP contribution in [0.2, 0.25) is 0 Å². The Morgan fingerprint density at radius 3 is 2.31 bits per heavy atom. The van der Waals surface area contributed by atoms with E-state index in [9.17, 15) is 27.2 Å². The van der Waals surface area contributed by atoms with Gasteiger partial charge in [-0.25, -0.2) is 9.18 Å². The fraction of sp³-hybridized carbons (Fsp3) is 0.433. The second kappa shape index (κ2) is 12.1. The van der Waals surface area contributed by atoms with E-state index < -0.39 is 36.3 Å². The van der Waals surface area contributed by atoms with Gasteiger partial charge in [-0.05, 0) is 49.4 Å². The van der Waals surface area contributed by atoms with Crippen LogP contribution in [-0.2, 0) is 13.1 Å². The highest BCUT2D eigenvalue weighted by atomic mass is 19.4. The van der Waals surface area contributed by atoms with Gasteiger partial charge < -0.3 is 20.9 Å². The Bertz CT molecular complexity index is 1430. The van der Waals surface area contributed by atoms with E-state index in [-0.39, 0.29) is 42.6 Å². The predicted octanol–water partition coefficient (Wildman–Crippen LogP) is 5.27. The average Bonchev–Trinajstić information content (AvgIpc) is 3.64. The number of anilines is 1. The number of hydrogen-bond acceptors (Lipinski definition) is 5. The van der Waals surface area contributed by atoms with Crippen LogP contribution >= 0.6 is 0 Å². The molecule has 3 N–H and O–H groups in total. The molecule has 0 spiro atoms. The molecule has 0 bridgehead atoms. The zero-order valence-corrected chi connectivity index (χ0v) is 23.3. The number of likely N-dealkylation sites (tertiary alicyclic amines) is 2. The summed E-state index contributed by atoms with van der Waals surface area (Å²) < 4.78 is 59.1. The highest BCUT2D eigenvalue weighted by Crippen LogP contribution is 2.44. The summed E-state index contributed by atoms with van der Waals surface area (Å²) in [4.78, 5) is 29.3. The largest absolute Gasteiger partial charge is 0.394 e. The summed E-state index contributed by atoms with van der Waals surface area (Å²) in [6.45, 7) is 2.96. The molecule has 2 aliphatic rings. The monoisotopic (exact) mass is 586 g/mol. The summed E-state index contributed by atoms with van der Waals surface area (Å²) in [5, 5.41) is 7.57. The van der Waals surface area contributed by atoms with Crippen molar-refractivity contribution in [1.29, 1.82) is 0 Å². The normalized spacial score (nSPS) is 19.3. The van der Waals surface area contributed by atoms with E-state index >= 15 is 0 Å². The Morgan fingerprint density at radius 1 is 1.00 bits per heavy atom. The summed E-state index contributed by atoms with van der Waals surface area (Å²) >= 11 is 0. The Hall–Kier alpha value is -3.93. The van der Waals surface area contributed by atoms with Gasteiger partial charge in [0.15, 0.2) is 0 Å². The number of nitrogens with one attached hydrogen (secondary N) is 1. The summed E-state index contributed by atoms with van der Waals surface area (Å²) in [6, 6.07) is 12.5. The van der Waals surface area contributed by atoms with Gasteiger partial charge in [0.1, 0.15) is 11.6 Å². The summed E-state index contributed by atoms with van der Waals surface area (Å²) in [6.07, 6.45) is -2.91. The van der Waals surface area contributed by atoms with Crippen LogP contribution in [0.3, 0.4) is 0 Å². The van der Waals surface area contributed by atoms with Gasteiger partial charge in [-0.1, -0.05) is 36.4 Å². The molecule has 2 unspecified atom stereocenters. The van der Waals surface area contributed by atoms with Crippen LogP contribution in [0.25, 0.3) is 0 Å². The number of piperidine rings is 1. The molecule has 8 nitrogen and oxygen atoms in total. The fourth-order valence-electron chi connectivity index (χ4n) is 5.84. The molecule has 3 aromatic rings. The zero-order chi connectivity index (χ0) is 30.0. The molecular formula is C30H34F4N6O2. The molecule has 3 heterocycles. The summed E-state index contributed by atoms with van der Waals surface area (Å²) in [5.74, 6) is -4.33. The minimum absolute atomic E-state index is 0.0233. The number of nitrogens with zero attached hydrogens (tertiary/aromatic N) is 4. The smallest absolute Gasteiger partial charge is 0.366 e. The van der Waals surface area contributed by atoms with Gasteiger partial charge in [0, 0.05) is 50.7 Å². The number of amides is 2. The highest BCUT2D eigenvalue weighted by molar-refractivity contribution is 5.97. The van der Waals surface area contributed by atoms with Crippen LogP contribution in [0, 0.1) is 18.7 Å². The summed E-state index contributed by atoms with van der Waals surface area (Å²) in [5.41, 5.74) is 7.69. The average molecular weight is 587 g/mol. The van der Waals surface area contributed by atoms with Crippen LogP contribution in [-0.4, -0.2) is 63.9 Å². The maximum absolute atomic E-state index is 14.6. The van der Waals surface area contributed by atoms with E-state index in [4.69, 9.17) is 5.73 Å². The molecule has 2 aromatic carbocycles. The van der Waals surface area contributed by atoms with Gasteiger partial charge in [0.2, 0.25) is 0 Å². The molecular weight excluding hydrogens is 552 g/mol. The summed E-state index contributed by atoms with van der Waals surface area (Å²) in [7, 11) is 0. The van der Waals surface area contributed by atoms with Gasteiger partial charge >= 0.3 is 12.2 Å². The zero-order valence-electron chi connectivity index (χ0n) is 23.3. The fourth-order valence-corrected chi connectivity index (χ4v) is 5.84. The first kappa shape index (κ1) is 29.6. The van der Waals surface area contributed by atoms with Crippen molar-refractivity contribution in [3.8, 4) is 0 Å². The lowest BCUT2D eigenvalue weighted by Gasteiger charge is -2.40. The van der Waals surface area contributed by atoms with Gasteiger partial charge in [-0.3, -0.25) is 4.79 Å². The van der Waals surface area contributed by atoms with E-state index in [2.05, 4.69) is 10.4 Å². The lowest BCUT2D eigenvalue weighted by Crippen LogP contribution is -2.51. The first-order chi connectivity index (χ1) is 20.1. The molecule has 2 saturated heterocycles. The van der Waals surface area contributed by atoms with Crippen molar-refractivity contribution in [3.63, 3.8) is 0 Å². The second-order valence-electron chi connectivity index (χ2n) is 10.9. The van der Waals surface area contributed by atoms with Gasteiger partial charge in [-0.15, -0.1) is 0 Å². The third-order valence-electron chi connectivity index (χ3n) is 8.21. The van der Waals surface area contributed by atoms with Crippen LogP contribution in [0.15, 0.2) is 48.5 Å². The Kier molecular flexibility index (Phi) is 8.53. The van der Waals surface area contributed by atoms with Gasteiger partial charge in [0.25, 0.3) is 5.91 Å². The van der Waals surface area contributed by atoms with Crippen molar-refractivity contribution in [3.05, 3.63) is 82.3 Å². The Balaban J connectivity index is 1.49. The molecule has 0 radical (unpaired) electrons. The van der Waals surface area contributed by atoms with Crippen molar-refractivity contribution >= 4 is 17.8 Å². The number of hydrogen-bond donors (Lipinski definition) is 2. The SMILES string of the molecule is Cc1c(C2CCN(C(=O)N3CCCC3)CC2C(F)(F)F)nn(C(=O)c2ccccc2F)c1NCc1ccc(CN)cc1. The van der Waals surface area contributed by atoms with E-state index in [1.165, 1.54) is 23.1 Å². The van der Waals surface area contributed by atoms with Crippen LogP contribution < -0.4 is 11.1 Å². The van der Waals surface area contributed by atoms with Crippen molar-refractivity contribution in [2.75, 3.05) is 31.5 Å². The maximum Gasteiger partial charge on any atom is 0.394 e. The van der Waals surface area contributed by atoms with Gasteiger partial charge in [-0.2, -0.15) is 23.0 Å². The number of benzene rings is 2. The van der Waals surface area contributed by atoms with Crippen LogP contribution in [0.1, 0.15) is 57.9 Å². The van der Waals surface area contributed by atoms with E-state index in [0.717, 1.165) is 34.7 Å². The number of alkyl halides is 3. The van der Waals surface area contributed by atoms with E-state index in [0.29, 0.717) is 25.2 Å². The minimum Gasteiger partial charge on any atom is -0.366 e. The molecule has 42 heavy (non-hydrogen) atoms. The molecule has 12 heteroatoms. The van der Waals surface area contributed by atoms with Crippen molar-refractivity contribution < 1.29 is 27.2 Å². The first-order valence-corrected chi connectivity index (χ1v) is 14.1. The Labute approximate surface area is 241 Å². The number of carbonyl (C=O) groups is 2. The quantitative estimate of drug-likeness (QED) is 0.384. The molecule has 2 atom stereocenters. The van der Waals surface area contributed by atoms with Crippen molar-refractivity contribution in [2.24, 2.45) is 11.7 Å². The minimum atomic E-state index is -4.61. The van der Waals surface area contributed by atoms with Crippen LogP contribution in [0.4, 0.5) is 28.2 Å². The molecule has 2 amide bonds. The number of halogens is 4. The number of nitrogens with two attached hydrogens (primary N) is 1. The first-order valence-electron chi connectivity index (χ1n) is 14.1. The highest BCUT2D eigenvalue weighted by Gasteiger charge is 2.50.